The Morgan fingerprint density at radius 3 is 2.40 bits per heavy atom. The average molecular weight is 342 g/mol. The number of carbonyl (C=O) groups excluding carboxylic acids is 3. The monoisotopic (exact) mass is 342 g/mol. The van der Waals surface area contributed by atoms with Crippen LogP contribution in [0.2, 0.25) is 0 Å². The Morgan fingerprint density at radius 1 is 1.12 bits per heavy atom. The molecular formula is C18H20N3O4+. The minimum atomic E-state index is -0.466. The van der Waals surface area contributed by atoms with Crippen LogP contribution in [-0.4, -0.2) is 36.8 Å². The van der Waals surface area contributed by atoms with Gasteiger partial charge in [-0.15, -0.1) is 0 Å². The molecule has 0 bridgehead atoms. The minimum Gasteiger partial charge on any atom is -0.422 e. The van der Waals surface area contributed by atoms with Gasteiger partial charge in [0.2, 0.25) is 12.5 Å². The molecule has 0 fully saturated rings. The fraction of sp³-hybridized carbons (Fsp3) is 0.222. The van der Waals surface area contributed by atoms with Crippen molar-refractivity contribution in [3.05, 3.63) is 54.4 Å². The summed E-state index contributed by atoms with van der Waals surface area (Å²) in [7, 11) is 3.33. The molecule has 0 radical (unpaired) electrons. The molecule has 0 atom stereocenters. The quantitative estimate of drug-likeness (QED) is 0.504. The third kappa shape index (κ3) is 5.42. The predicted molar refractivity (Wildman–Crippen MR) is 91.0 cm³/mol. The van der Waals surface area contributed by atoms with Crippen LogP contribution in [0.15, 0.2) is 48.8 Å². The van der Waals surface area contributed by atoms with Gasteiger partial charge in [-0.25, -0.2) is 4.79 Å². The Labute approximate surface area is 145 Å². The van der Waals surface area contributed by atoms with Crippen LogP contribution >= 0.6 is 0 Å². The van der Waals surface area contributed by atoms with Crippen LogP contribution in [0.5, 0.6) is 5.75 Å². The number of rotatable bonds is 5. The number of aromatic nitrogens is 1. The van der Waals surface area contributed by atoms with E-state index in [0.717, 1.165) is 0 Å². The summed E-state index contributed by atoms with van der Waals surface area (Å²) in [5.74, 6) is -0.406. The van der Waals surface area contributed by atoms with Gasteiger partial charge in [0.15, 0.2) is 12.4 Å². The smallest absolute Gasteiger partial charge is 0.378 e. The molecule has 1 N–H and O–H groups in total. The average Bonchev–Trinajstić information content (AvgIpc) is 2.55. The second-order valence-electron chi connectivity index (χ2n) is 5.64. The number of nitrogens with one attached hydrogen (secondary N) is 1. The van der Waals surface area contributed by atoms with Gasteiger partial charge >= 0.3 is 5.97 Å². The molecule has 130 valence electrons. The van der Waals surface area contributed by atoms with Crippen molar-refractivity contribution < 1.29 is 23.7 Å². The van der Waals surface area contributed by atoms with Gasteiger partial charge in [-0.2, -0.15) is 4.57 Å². The van der Waals surface area contributed by atoms with Crippen LogP contribution in [0.4, 0.5) is 5.69 Å². The van der Waals surface area contributed by atoms with Crippen molar-refractivity contribution in [2.24, 2.45) is 0 Å². The van der Waals surface area contributed by atoms with Gasteiger partial charge in [-0.1, -0.05) is 0 Å². The summed E-state index contributed by atoms with van der Waals surface area (Å²) in [5.41, 5.74) is 1.11. The predicted octanol–water partition coefficient (Wildman–Crippen LogP) is 1.24. The second kappa shape index (κ2) is 8.05. The van der Waals surface area contributed by atoms with E-state index in [1.807, 2.05) is 0 Å². The van der Waals surface area contributed by atoms with E-state index in [0.29, 0.717) is 17.0 Å². The van der Waals surface area contributed by atoms with Crippen molar-refractivity contribution in [2.45, 2.75) is 13.5 Å². The van der Waals surface area contributed by atoms with Gasteiger partial charge in [-0.3, -0.25) is 9.59 Å². The molecule has 0 unspecified atom stereocenters. The normalized spacial score (nSPS) is 10.0. The van der Waals surface area contributed by atoms with Gasteiger partial charge in [0.1, 0.15) is 11.3 Å². The van der Waals surface area contributed by atoms with E-state index in [4.69, 9.17) is 4.74 Å². The molecule has 0 aliphatic rings. The van der Waals surface area contributed by atoms with E-state index in [2.05, 4.69) is 5.32 Å². The highest BCUT2D eigenvalue weighted by Crippen LogP contribution is 2.15. The van der Waals surface area contributed by atoms with Crippen LogP contribution in [0.25, 0.3) is 0 Å². The number of nitrogens with zero attached hydrogens (tertiary/aromatic N) is 2. The minimum absolute atomic E-state index is 0.0258. The molecule has 2 amide bonds. The lowest BCUT2D eigenvalue weighted by Gasteiger charge is -2.09. The molecule has 0 spiro atoms. The molecule has 7 nitrogen and oxygen atoms in total. The van der Waals surface area contributed by atoms with E-state index < -0.39 is 5.97 Å². The van der Waals surface area contributed by atoms with Crippen LogP contribution in [0.3, 0.4) is 0 Å². The highest BCUT2D eigenvalue weighted by atomic mass is 16.5. The van der Waals surface area contributed by atoms with Crippen molar-refractivity contribution >= 4 is 23.5 Å². The molecule has 2 aromatic rings. The van der Waals surface area contributed by atoms with Crippen molar-refractivity contribution in [3.63, 3.8) is 0 Å². The first-order valence-electron chi connectivity index (χ1n) is 7.64. The van der Waals surface area contributed by atoms with E-state index in [9.17, 15) is 14.4 Å². The van der Waals surface area contributed by atoms with Gasteiger partial charge in [0, 0.05) is 32.8 Å². The number of anilines is 1. The Bertz CT molecular complexity index is 785. The molecule has 7 heteroatoms. The van der Waals surface area contributed by atoms with E-state index in [1.165, 1.54) is 11.8 Å². The first-order valence-corrected chi connectivity index (χ1v) is 7.64. The topological polar surface area (TPSA) is 79.6 Å². The lowest BCUT2D eigenvalue weighted by molar-refractivity contribution is -0.685. The lowest BCUT2D eigenvalue weighted by Crippen LogP contribution is -2.40. The first kappa shape index (κ1) is 18.1. The summed E-state index contributed by atoms with van der Waals surface area (Å²) in [4.78, 5) is 36.4. The fourth-order valence-electron chi connectivity index (χ4n) is 2.13. The Kier molecular flexibility index (Phi) is 5.84. The summed E-state index contributed by atoms with van der Waals surface area (Å²) in [6.07, 6.45) is 3.29. The molecule has 0 aliphatic heterocycles. The number of pyridine rings is 1. The van der Waals surface area contributed by atoms with Gasteiger partial charge in [-0.05, 0) is 30.3 Å². The third-order valence-corrected chi connectivity index (χ3v) is 3.23. The fourth-order valence-corrected chi connectivity index (χ4v) is 2.13. The maximum Gasteiger partial charge on any atom is 0.378 e. The number of ether oxygens (including phenoxy) is 1. The zero-order valence-electron chi connectivity index (χ0n) is 14.4. The maximum absolute atomic E-state index is 12.1. The number of hydrogen-bond acceptors (Lipinski definition) is 4. The SMILES string of the molecule is CC(=O)Nc1ccc(OC(=O)C[n+]2cccc(C(=O)N(C)C)c2)cc1. The Morgan fingerprint density at radius 2 is 1.80 bits per heavy atom. The zero-order chi connectivity index (χ0) is 18.4. The Hall–Kier alpha value is -3.22. The summed E-state index contributed by atoms with van der Waals surface area (Å²) < 4.78 is 6.85. The molecule has 1 aromatic carbocycles. The Balaban J connectivity index is 1.99. The maximum atomic E-state index is 12.1. The molecule has 25 heavy (non-hydrogen) atoms. The lowest BCUT2D eigenvalue weighted by atomic mass is 10.2. The van der Waals surface area contributed by atoms with E-state index in [-0.39, 0.29) is 18.4 Å². The number of esters is 1. The second-order valence-corrected chi connectivity index (χ2v) is 5.64. The first-order chi connectivity index (χ1) is 11.8. The summed E-state index contributed by atoms with van der Waals surface area (Å²) in [6, 6.07) is 9.87. The van der Waals surface area contributed by atoms with Crippen LogP contribution in [0.1, 0.15) is 17.3 Å². The van der Waals surface area contributed by atoms with E-state index in [1.54, 1.807) is 67.5 Å². The number of carbonyl (C=O) groups is 3. The zero-order valence-corrected chi connectivity index (χ0v) is 14.4. The molecule has 1 aromatic heterocycles. The highest BCUT2D eigenvalue weighted by molar-refractivity contribution is 5.93. The number of hydrogen-bond donors (Lipinski definition) is 1. The van der Waals surface area contributed by atoms with Crippen LogP contribution in [-0.2, 0) is 16.1 Å². The van der Waals surface area contributed by atoms with Gasteiger partial charge in [0.25, 0.3) is 5.91 Å². The molecule has 1 heterocycles. The summed E-state index contributed by atoms with van der Waals surface area (Å²) >= 11 is 0. The van der Waals surface area contributed by atoms with Crippen LogP contribution < -0.4 is 14.6 Å². The van der Waals surface area contributed by atoms with Crippen molar-refractivity contribution in [1.82, 2.24) is 4.90 Å². The third-order valence-electron chi connectivity index (χ3n) is 3.23. The summed E-state index contributed by atoms with van der Waals surface area (Å²) in [5, 5.41) is 2.63. The molecular weight excluding hydrogens is 322 g/mol. The largest absolute Gasteiger partial charge is 0.422 e. The van der Waals surface area contributed by atoms with Crippen LogP contribution in [0, 0.1) is 0 Å². The summed E-state index contributed by atoms with van der Waals surface area (Å²) in [6.45, 7) is 1.39. The highest BCUT2D eigenvalue weighted by Gasteiger charge is 2.16. The van der Waals surface area contributed by atoms with Crippen molar-refractivity contribution in [1.29, 1.82) is 0 Å². The standard InChI is InChI=1S/C18H19N3O4/c1-13(22)19-15-6-8-16(9-7-15)25-17(23)12-21-10-4-5-14(11-21)18(24)20(2)3/h4-11H,12H2,1-3H3/p+1. The van der Waals surface area contributed by atoms with Crippen molar-refractivity contribution in [3.8, 4) is 5.75 Å². The molecule has 0 saturated heterocycles. The molecule has 0 aliphatic carbocycles. The molecule has 0 saturated carbocycles. The van der Waals surface area contributed by atoms with Crippen molar-refractivity contribution in [2.75, 3.05) is 19.4 Å². The van der Waals surface area contributed by atoms with Gasteiger partial charge < -0.3 is 15.0 Å². The number of benzene rings is 1. The molecule has 2 rings (SSSR count). The van der Waals surface area contributed by atoms with Gasteiger partial charge in [0.05, 0.1) is 0 Å². The van der Waals surface area contributed by atoms with E-state index >= 15 is 0 Å². The number of amides is 2.